The van der Waals surface area contributed by atoms with Gasteiger partial charge in [-0.15, -0.1) is 0 Å². The van der Waals surface area contributed by atoms with Crippen molar-refractivity contribution in [2.24, 2.45) is 0 Å². The highest BCUT2D eigenvalue weighted by Crippen LogP contribution is 2.27. The van der Waals surface area contributed by atoms with Gasteiger partial charge >= 0.3 is 0 Å². The van der Waals surface area contributed by atoms with Gasteiger partial charge in [-0.05, 0) is 56.5 Å². The number of hydrogen-bond acceptors (Lipinski definition) is 3. The average Bonchev–Trinajstić information content (AvgIpc) is 2.65. The van der Waals surface area contributed by atoms with Crippen LogP contribution in [0.3, 0.4) is 0 Å². The molecule has 2 aromatic carbocycles. The highest BCUT2D eigenvalue weighted by molar-refractivity contribution is 7.92. The van der Waals surface area contributed by atoms with Crippen LogP contribution in [0.25, 0.3) is 0 Å². The van der Waals surface area contributed by atoms with E-state index in [1.165, 1.54) is 18.6 Å². The van der Waals surface area contributed by atoms with E-state index in [2.05, 4.69) is 10.0 Å². The number of hydrogen-bond donors (Lipinski definition) is 2. The number of nitrogens with one attached hydrogen (secondary N) is 2. The fourth-order valence-electron chi connectivity index (χ4n) is 3.49. The van der Waals surface area contributed by atoms with Crippen LogP contribution in [0.5, 0.6) is 0 Å². The lowest BCUT2D eigenvalue weighted by molar-refractivity contribution is 0.0927. The van der Waals surface area contributed by atoms with Gasteiger partial charge in [-0.1, -0.05) is 48.6 Å². The van der Waals surface area contributed by atoms with Crippen LogP contribution in [0.15, 0.2) is 41.3 Å². The van der Waals surface area contributed by atoms with E-state index in [0.29, 0.717) is 5.69 Å². The first-order valence-electron chi connectivity index (χ1n) is 9.47. The van der Waals surface area contributed by atoms with E-state index in [0.717, 1.165) is 36.8 Å². The molecule has 2 aromatic rings. The molecule has 0 spiro atoms. The summed E-state index contributed by atoms with van der Waals surface area (Å²) in [6.07, 6.45) is 5.31. The van der Waals surface area contributed by atoms with Crippen LogP contribution in [0.2, 0.25) is 5.02 Å². The van der Waals surface area contributed by atoms with Gasteiger partial charge < -0.3 is 5.32 Å². The molecule has 1 aliphatic rings. The van der Waals surface area contributed by atoms with Gasteiger partial charge in [0.1, 0.15) is 4.90 Å². The van der Waals surface area contributed by atoms with E-state index >= 15 is 0 Å². The number of carbonyl (C=O) groups is 1. The molecule has 2 N–H and O–H groups in total. The smallest absolute Gasteiger partial charge is 0.263 e. The van der Waals surface area contributed by atoms with Crippen LogP contribution >= 0.6 is 11.6 Å². The Labute approximate surface area is 171 Å². The van der Waals surface area contributed by atoms with E-state index in [1.54, 1.807) is 12.1 Å². The molecule has 150 valence electrons. The normalized spacial score (nSPS) is 15.2. The zero-order chi connectivity index (χ0) is 20.3. The van der Waals surface area contributed by atoms with Crippen LogP contribution in [0.4, 0.5) is 5.69 Å². The van der Waals surface area contributed by atoms with E-state index in [-0.39, 0.29) is 27.4 Å². The molecular formula is C21H25ClN2O3S. The van der Waals surface area contributed by atoms with Crippen molar-refractivity contribution < 1.29 is 13.2 Å². The van der Waals surface area contributed by atoms with Crippen molar-refractivity contribution in [1.82, 2.24) is 5.32 Å². The first-order chi connectivity index (χ1) is 13.3. The number of aryl methyl sites for hydroxylation is 2. The first kappa shape index (κ1) is 20.7. The zero-order valence-corrected chi connectivity index (χ0v) is 17.7. The summed E-state index contributed by atoms with van der Waals surface area (Å²) < 4.78 is 28.4. The van der Waals surface area contributed by atoms with Crippen molar-refractivity contribution in [2.75, 3.05) is 4.72 Å². The third kappa shape index (κ3) is 4.86. The molecule has 0 unspecified atom stereocenters. The molecule has 1 saturated carbocycles. The second kappa shape index (κ2) is 8.53. The highest BCUT2D eigenvalue weighted by atomic mass is 35.5. The van der Waals surface area contributed by atoms with Crippen molar-refractivity contribution >= 4 is 33.2 Å². The van der Waals surface area contributed by atoms with Crippen LogP contribution in [0, 0.1) is 13.8 Å². The Morgan fingerprint density at radius 3 is 2.43 bits per heavy atom. The molecule has 28 heavy (non-hydrogen) atoms. The maximum absolute atomic E-state index is 12.9. The first-order valence-corrected chi connectivity index (χ1v) is 11.3. The second-order valence-corrected chi connectivity index (χ2v) is 9.44. The van der Waals surface area contributed by atoms with Crippen molar-refractivity contribution in [3.63, 3.8) is 0 Å². The van der Waals surface area contributed by atoms with Crippen LogP contribution < -0.4 is 10.0 Å². The highest BCUT2D eigenvalue weighted by Gasteiger charge is 2.22. The molecular weight excluding hydrogens is 396 g/mol. The fourth-order valence-corrected chi connectivity index (χ4v) is 5.15. The molecule has 0 saturated heterocycles. The Kier molecular flexibility index (Phi) is 6.30. The Morgan fingerprint density at radius 1 is 1.04 bits per heavy atom. The molecule has 0 atom stereocenters. The Hall–Kier alpha value is -2.05. The van der Waals surface area contributed by atoms with Gasteiger partial charge in [0.05, 0.1) is 10.7 Å². The van der Waals surface area contributed by atoms with Crippen LogP contribution in [0.1, 0.15) is 53.6 Å². The molecule has 0 bridgehead atoms. The fraction of sp³-hybridized carbons (Fsp3) is 0.381. The summed E-state index contributed by atoms with van der Waals surface area (Å²) >= 11 is 6.16. The van der Waals surface area contributed by atoms with E-state index in [4.69, 9.17) is 11.6 Å². The summed E-state index contributed by atoms with van der Waals surface area (Å²) in [6.45, 7) is 3.77. The molecule has 0 aliphatic heterocycles. The minimum Gasteiger partial charge on any atom is -0.349 e. The van der Waals surface area contributed by atoms with Crippen molar-refractivity contribution in [3.8, 4) is 0 Å². The van der Waals surface area contributed by atoms with Gasteiger partial charge in [0.25, 0.3) is 15.9 Å². The van der Waals surface area contributed by atoms with Crippen LogP contribution in [-0.4, -0.2) is 20.4 Å². The number of anilines is 1. The molecule has 0 heterocycles. The predicted octanol–water partition coefficient (Wildman–Crippen LogP) is 4.82. The Balaban J connectivity index is 1.84. The summed E-state index contributed by atoms with van der Waals surface area (Å²) in [6, 6.07) is 9.94. The van der Waals surface area contributed by atoms with E-state index < -0.39 is 10.0 Å². The third-order valence-electron chi connectivity index (χ3n) is 5.05. The SMILES string of the molecule is Cc1ccc(NS(=O)(=O)c2cc(C(=O)NC3CCCCC3)ccc2Cl)c(C)c1. The molecule has 1 fully saturated rings. The molecule has 0 radical (unpaired) electrons. The quantitative estimate of drug-likeness (QED) is 0.728. The lowest BCUT2D eigenvalue weighted by Crippen LogP contribution is -2.36. The lowest BCUT2D eigenvalue weighted by atomic mass is 9.95. The number of amides is 1. The monoisotopic (exact) mass is 420 g/mol. The molecule has 7 heteroatoms. The van der Waals surface area contributed by atoms with E-state index in [9.17, 15) is 13.2 Å². The second-order valence-electron chi connectivity index (χ2n) is 7.38. The van der Waals surface area contributed by atoms with Gasteiger partial charge in [0, 0.05) is 11.6 Å². The minimum absolute atomic E-state index is 0.0754. The van der Waals surface area contributed by atoms with E-state index in [1.807, 2.05) is 26.0 Å². The molecule has 1 amide bonds. The summed E-state index contributed by atoms with van der Waals surface area (Å²) in [4.78, 5) is 12.5. The van der Waals surface area contributed by atoms with Gasteiger partial charge in [-0.3, -0.25) is 9.52 Å². The van der Waals surface area contributed by atoms with Crippen molar-refractivity contribution in [3.05, 3.63) is 58.1 Å². The maximum atomic E-state index is 12.9. The number of rotatable bonds is 5. The lowest BCUT2D eigenvalue weighted by Gasteiger charge is -2.23. The molecule has 1 aliphatic carbocycles. The third-order valence-corrected chi connectivity index (χ3v) is 6.90. The average molecular weight is 421 g/mol. The summed E-state index contributed by atoms with van der Waals surface area (Å²) in [5, 5.41) is 3.08. The number of halogens is 1. The molecule has 3 rings (SSSR count). The number of sulfonamides is 1. The summed E-state index contributed by atoms with van der Waals surface area (Å²) in [5.74, 6) is -0.272. The zero-order valence-electron chi connectivity index (χ0n) is 16.1. The minimum atomic E-state index is -3.93. The predicted molar refractivity (Wildman–Crippen MR) is 113 cm³/mol. The van der Waals surface area contributed by atoms with Gasteiger partial charge in [-0.25, -0.2) is 8.42 Å². The maximum Gasteiger partial charge on any atom is 0.263 e. The largest absolute Gasteiger partial charge is 0.349 e. The van der Waals surface area contributed by atoms with Crippen molar-refractivity contribution in [2.45, 2.75) is 56.9 Å². The Bertz CT molecular complexity index is 983. The number of benzene rings is 2. The van der Waals surface area contributed by atoms with Crippen molar-refractivity contribution in [1.29, 1.82) is 0 Å². The summed E-state index contributed by atoms with van der Waals surface area (Å²) in [5.41, 5.74) is 2.63. The Morgan fingerprint density at radius 2 is 1.75 bits per heavy atom. The van der Waals surface area contributed by atoms with Crippen LogP contribution in [-0.2, 0) is 10.0 Å². The standard InChI is InChI=1S/C21H25ClN2O3S/c1-14-8-11-19(15(2)12-14)24-28(26,27)20-13-16(9-10-18(20)22)21(25)23-17-6-4-3-5-7-17/h8-13,17,24H,3-7H2,1-2H3,(H,23,25). The number of carbonyl (C=O) groups excluding carboxylic acids is 1. The van der Waals surface area contributed by atoms with Gasteiger partial charge in [0.15, 0.2) is 0 Å². The summed E-state index contributed by atoms with van der Waals surface area (Å²) in [7, 11) is -3.93. The van der Waals surface area contributed by atoms with Gasteiger partial charge in [0.2, 0.25) is 0 Å². The molecule has 5 nitrogen and oxygen atoms in total. The van der Waals surface area contributed by atoms with Gasteiger partial charge in [-0.2, -0.15) is 0 Å². The topological polar surface area (TPSA) is 75.3 Å². The molecule has 0 aromatic heterocycles.